The Balaban J connectivity index is 2.11. The summed E-state index contributed by atoms with van der Waals surface area (Å²) in [4.78, 5) is 25.8. The van der Waals surface area contributed by atoms with Gasteiger partial charge in [-0.3, -0.25) is 10.2 Å². The van der Waals surface area contributed by atoms with Crippen LogP contribution in [0.4, 0.5) is 21.0 Å². The summed E-state index contributed by atoms with van der Waals surface area (Å²) in [5.74, 6) is 0.295. The van der Waals surface area contributed by atoms with Crippen LogP contribution in [0.15, 0.2) is 48.5 Å². The highest BCUT2D eigenvalue weighted by molar-refractivity contribution is 9.09. The predicted molar refractivity (Wildman–Crippen MR) is 110 cm³/mol. The lowest BCUT2D eigenvalue weighted by molar-refractivity contribution is 0.130. The van der Waals surface area contributed by atoms with Gasteiger partial charge in [0.1, 0.15) is 5.75 Å². The van der Waals surface area contributed by atoms with Crippen LogP contribution in [0, 0.1) is 0 Å². The zero-order valence-electron chi connectivity index (χ0n) is 14.9. The highest BCUT2D eigenvalue weighted by atomic mass is 79.9. The zero-order chi connectivity index (χ0) is 19.8. The predicted octanol–water partition coefficient (Wildman–Crippen LogP) is 5.70. The van der Waals surface area contributed by atoms with Crippen molar-refractivity contribution in [1.29, 1.82) is 0 Å². The summed E-state index contributed by atoms with van der Waals surface area (Å²) >= 11 is 9.35. The maximum absolute atomic E-state index is 12.6. The van der Waals surface area contributed by atoms with Crippen LogP contribution in [-0.2, 0) is 4.74 Å². The molecule has 0 saturated heterocycles. The van der Waals surface area contributed by atoms with Gasteiger partial charge < -0.3 is 9.47 Å². The van der Waals surface area contributed by atoms with Crippen LogP contribution in [0.2, 0.25) is 5.02 Å². The quantitative estimate of drug-likeness (QED) is 0.568. The first-order valence-corrected chi connectivity index (χ1v) is 9.77. The van der Waals surface area contributed by atoms with Crippen LogP contribution < -0.4 is 15.0 Å². The molecular formula is C19H20BrClN2O4. The van der Waals surface area contributed by atoms with E-state index in [9.17, 15) is 9.59 Å². The van der Waals surface area contributed by atoms with Crippen molar-refractivity contribution in [3.05, 3.63) is 53.6 Å². The number of carbonyl (C=O) groups excluding carboxylic acids is 2. The molecule has 2 aromatic rings. The summed E-state index contributed by atoms with van der Waals surface area (Å²) in [6, 6.07) is 13.5. The fourth-order valence-corrected chi connectivity index (χ4v) is 2.75. The van der Waals surface area contributed by atoms with E-state index in [1.54, 1.807) is 62.4 Å². The molecule has 1 N–H and O–H groups in total. The molecule has 0 atom stereocenters. The smallest absolute Gasteiger partial charge is 0.419 e. The van der Waals surface area contributed by atoms with Crippen molar-refractivity contribution in [2.45, 2.75) is 20.0 Å². The Morgan fingerprint density at radius 2 is 1.93 bits per heavy atom. The summed E-state index contributed by atoms with van der Waals surface area (Å²) in [6.45, 7) is 3.91. The van der Waals surface area contributed by atoms with Gasteiger partial charge in [-0.2, -0.15) is 0 Å². The molecule has 0 aliphatic carbocycles. The Kier molecular flexibility index (Phi) is 7.94. The first kappa shape index (κ1) is 21.1. The molecule has 2 aromatic carbocycles. The van der Waals surface area contributed by atoms with Crippen molar-refractivity contribution < 1.29 is 19.1 Å². The summed E-state index contributed by atoms with van der Waals surface area (Å²) in [7, 11) is 0. The molecule has 0 bridgehead atoms. The van der Waals surface area contributed by atoms with Gasteiger partial charge in [0.15, 0.2) is 0 Å². The van der Waals surface area contributed by atoms with Gasteiger partial charge in [-0.05, 0) is 44.2 Å². The Hall–Kier alpha value is -2.25. The second kappa shape index (κ2) is 10.2. The topological polar surface area (TPSA) is 67.9 Å². The summed E-state index contributed by atoms with van der Waals surface area (Å²) in [5, 5.41) is 3.68. The van der Waals surface area contributed by atoms with Gasteiger partial charge in [-0.25, -0.2) is 9.59 Å². The number of anilines is 2. The second-order valence-corrected chi connectivity index (χ2v) is 7.02. The average Bonchev–Trinajstić information content (AvgIpc) is 2.59. The highest BCUT2D eigenvalue weighted by Gasteiger charge is 2.18. The van der Waals surface area contributed by atoms with E-state index in [1.165, 1.54) is 4.90 Å². The number of hydrogen-bond donors (Lipinski definition) is 1. The lowest BCUT2D eigenvalue weighted by atomic mass is 10.3. The first-order chi connectivity index (χ1) is 12.9. The minimum atomic E-state index is -0.576. The third-order valence-electron chi connectivity index (χ3n) is 3.28. The van der Waals surface area contributed by atoms with Crippen molar-refractivity contribution >= 4 is 51.1 Å². The molecule has 0 fully saturated rings. The van der Waals surface area contributed by atoms with Gasteiger partial charge in [0.2, 0.25) is 0 Å². The summed E-state index contributed by atoms with van der Waals surface area (Å²) in [6.07, 6.45) is -1.37. The third kappa shape index (κ3) is 6.77. The first-order valence-electron chi connectivity index (χ1n) is 8.27. The van der Waals surface area contributed by atoms with Crippen LogP contribution in [0.25, 0.3) is 0 Å². The molecule has 0 unspecified atom stereocenters. The zero-order valence-corrected chi connectivity index (χ0v) is 17.3. The second-order valence-electron chi connectivity index (χ2n) is 5.80. The molecule has 8 heteroatoms. The Labute approximate surface area is 171 Å². The van der Waals surface area contributed by atoms with E-state index >= 15 is 0 Å². The van der Waals surface area contributed by atoms with E-state index < -0.39 is 12.2 Å². The molecule has 0 aromatic heterocycles. The molecule has 2 amide bonds. The van der Waals surface area contributed by atoms with E-state index in [0.29, 0.717) is 34.0 Å². The minimum absolute atomic E-state index is 0.235. The molecule has 0 aliphatic rings. The number of benzene rings is 2. The number of ether oxygens (including phenoxy) is 2. The molecular weight excluding hydrogens is 436 g/mol. The van der Waals surface area contributed by atoms with E-state index in [0.717, 1.165) is 0 Å². The molecule has 6 nitrogen and oxygen atoms in total. The lowest BCUT2D eigenvalue weighted by Gasteiger charge is -2.21. The molecule has 27 heavy (non-hydrogen) atoms. The van der Waals surface area contributed by atoms with E-state index in [4.69, 9.17) is 21.1 Å². The van der Waals surface area contributed by atoms with Crippen molar-refractivity contribution in [1.82, 2.24) is 0 Å². The number of nitrogens with zero attached hydrogens (tertiary/aromatic N) is 1. The van der Waals surface area contributed by atoms with Crippen LogP contribution in [0.1, 0.15) is 13.8 Å². The number of rotatable bonds is 6. The van der Waals surface area contributed by atoms with Gasteiger partial charge in [0.25, 0.3) is 0 Å². The van der Waals surface area contributed by atoms with E-state index in [2.05, 4.69) is 21.2 Å². The number of alkyl halides is 1. The summed E-state index contributed by atoms with van der Waals surface area (Å²) in [5.41, 5.74) is 1.09. The van der Waals surface area contributed by atoms with Gasteiger partial charge in [-0.1, -0.05) is 39.7 Å². The maximum atomic E-state index is 12.6. The fourth-order valence-electron chi connectivity index (χ4n) is 2.21. The van der Waals surface area contributed by atoms with Crippen LogP contribution >= 0.6 is 27.5 Å². The molecule has 0 saturated carbocycles. The molecule has 0 heterocycles. The maximum Gasteiger partial charge on any atom is 0.419 e. The molecule has 0 radical (unpaired) electrons. The number of amides is 2. The number of halogens is 2. The third-order valence-corrected chi connectivity index (χ3v) is 3.87. The van der Waals surface area contributed by atoms with Gasteiger partial charge in [-0.15, -0.1) is 0 Å². The van der Waals surface area contributed by atoms with Gasteiger partial charge >= 0.3 is 12.2 Å². The Morgan fingerprint density at radius 1 is 1.19 bits per heavy atom. The summed E-state index contributed by atoms with van der Waals surface area (Å²) < 4.78 is 10.5. The van der Waals surface area contributed by atoms with E-state index in [-0.39, 0.29) is 6.10 Å². The fraction of sp³-hybridized carbons (Fsp3) is 0.263. The largest absolute Gasteiger partial charge is 0.447 e. The normalized spacial score (nSPS) is 10.4. The number of nitrogens with one attached hydrogen (secondary N) is 1. The monoisotopic (exact) mass is 454 g/mol. The van der Waals surface area contributed by atoms with Crippen molar-refractivity contribution in [3.63, 3.8) is 0 Å². The lowest BCUT2D eigenvalue weighted by Crippen LogP contribution is -2.35. The molecule has 0 aliphatic heterocycles. The van der Waals surface area contributed by atoms with Gasteiger partial charge in [0.05, 0.1) is 6.10 Å². The standard InChI is InChI=1S/C19H20BrClN2O4/c1-13(2)26-18(24)22-15-6-4-8-17(12-15)27-19(25)23(10-9-20)16-7-3-5-14(21)11-16/h3-8,11-13H,9-10H2,1-2H3,(H,22,24). The Morgan fingerprint density at radius 3 is 2.59 bits per heavy atom. The SMILES string of the molecule is CC(C)OC(=O)Nc1cccc(OC(=O)N(CCBr)c2cccc(Cl)c2)c1. The number of carbonyl (C=O) groups is 2. The van der Waals surface area contributed by atoms with Crippen LogP contribution in [-0.4, -0.2) is 30.2 Å². The molecule has 144 valence electrons. The number of hydrogen-bond acceptors (Lipinski definition) is 4. The van der Waals surface area contributed by atoms with Gasteiger partial charge in [0, 0.05) is 34.3 Å². The van der Waals surface area contributed by atoms with Crippen molar-refractivity contribution in [2.24, 2.45) is 0 Å². The van der Waals surface area contributed by atoms with Crippen molar-refractivity contribution in [2.75, 3.05) is 22.1 Å². The van der Waals surface area contributed by atoms with E-state index in [1.807, 2.05) is 0 Å². The Bertz CT molecular complexity index is 801. The van der Waals surface area contributed by atoms with Crippen LogP contribution in [0.3, 0.4) is 0 Å². The van der Waals surface area contributed by atoms with Crippen molar-refractivity contribution in [3.8, 4) is 5.75 Å². The molecule has 2 rings (SSSR count). The molecule has 0 spiro atoms. The van der Waals surface area contributed by atoms with Crippen LogP contribution in [0.5, 0.6) is 5.75 Å². The minimum Gasteiger partial charge on any atom is -0.447 e. The highest BCUT2D eigenvalue weighted by Crippen LogP contribution is 2.23. The average molecular weight is 456 g/mol.